The Kier molecular flexibility index (Phi) is 4.42. The van der Waals surface area contributed by atoms with Crippen molar-refractivity contribution in [3.05, 3.63) is 59.5 Å². The number of aliphatic carboxylic acids is 1. The first-order valence-corrected chi connectivity index (χ1v) is 6.62. The van der Waals surface area contributed by atoms with Crippen LogP contribution in [0.5, 0.6) is 0 Å². The smallest absolute Gasteiger partial charge is 0.326 e. The molecule has 0 fully saturated rings. The highest BCUT2D eigenvalue weighted by Crippen LogP contribution is 2.15. The van der Waals surface area contributed by atoms with Crippen molar-refractivity contribution in [1.82, 2.24) is 4.90 Å². The molecule has 0 bridgehead atoms. The lowest BCUT2D eigenvalue weighted by Gasteiger charge is -2.26. The number of carboxylic acid groups (broad SMARTS) is 1. The highest BCUT2D eigenvalue weighted by molar-refractivity contribution is 5.96. The van der Waals surface area contributed by atoms with Crippen LogP contribution in [0.4, 0.5) is 0 Å². The summed E-state index contributed by atoms with van der Waals surface area (Å²) in [4.78, 5) is 25.1. The normalized spacial score (nSPS) is 11.9. The average molecular weight is 287 g/mol. The lowest BCUT2D eigenvalue weighted by atomic mass is 10.1. The van der Waals surface area contributed by atoms with E-state index in [2.05, 4.69) is 0 Å². The van der Waals surface area contributed by atoms with Crippen LogP contribution in [0.3, 0.4) is 0 Å². The van der Waals surface area contributed by atoms with Crippen LogP contribution in [-0.4, -0.2) is 27.9 Å². The molecule has 1 amide bonds. The van der Waals surface area contributed by atoms with Gasteiger partial charge >= 0.3 is 5.97 Å². The number of amides is 1. The van der Waals surface area contributed by atoms with Gasteiger partial charge in [-0.15, -0.1) is 0 Å². The van der Waals surface area contributed by atoms with Crippen LogP contribution >= 0.6 is 0 Å². The van der Waals surface area contributed by atoms with Crippen molar-refractivity contribution < 1.29 is 19.1 Å². The number of carboxylic acids is 1. The molecule has 0 aliphatic rings. The molecule has 1 aromatic heterocycles. The maximum atomic E-state index is 12.5. The van der Waals surface area contributed by atoms with E-state index in [-0.39, 0.29) is 12.5 Å². The molecule has 110 valence electrons. The molecular formula is C16H17NO4. The molecular weight excluding hydrogens is 270 g/mol. The molecule has 2 aromatic rings. The highest BCUT2D eigenvalue weighted by Gasteiger charge is 2.27. The van der Waals surface area contributed by atoms with Crippen molar-refractivity contribution >= 4 is 11.9 Å². The van der Waals surface area contributed by atoms with Crippen LogP contribution in [-0.2, 0) is 11.3 Å². The van der Waals surface area contributed by atoms with Gasteiger partial charge in [-0.3, -0.25) is 4.79 Å². The van der Waals surface area contributed by atoms with E-state index in [1.165, 1.54) is 18.1 Å². The van der Waals surface area contributed by atoms with Crippen molar-refractivity contribution in [3.8, 4) is 0 Å². The van der Waals surface area contributed by atoms with Gasteiger partial charge in [0.05, 0.1) is 5.56 Å². The molecule has 0 saturated carbocycles. The number of nitrogens with zero attached hydrogens (tertiary/aromatic N) is 1. The molecule has 1 unspecified atom stereocenters. The van der Waals surface area contributed by atoms with Gasteiger partial charge in [0.15, 0.2) is 0 Å². The Hall–Kier alpha value is -2.56. The highest BCUT2D eigenvalue weighted by atomic mass is 16.4. The summed E-state index contributed by atoms with van der Waals surface area (Å²) in [6, 6.07) is 9.97. The molecule has 1 heterocycles. The minimum atomic E-state index is -1.04. The number of aryl methyl sites for hydroxylation is 1. The topological polar surface area (TPSA) is 70.8 Å². The van der Waals surface area contributed by atoms with E-state index in [9.17, 15) is 14.7 Å². The van der Waals surface area contributed by atoms with Crippen molar-refractivity contribution in [1.29, 1.82) is 0 Å². The van der Waals surface area contributed by atoms with Gasteiger partial charge < -0.3 is 14.4 Å². The molecule has 0 saturated heterocycles. The molecule has 0 aliphatic heterocycles. The first-order valence-electron chi connectivity index (χ1n) is 6.62. The van der Waals surface area contributed by atoms with E-state index in [4.69, 9.17) is 4.42 Å². The van der Waals surface area contributed by atoms with Gasteiger partial charge in [-0.1, -0.05) is 30.3 Å². The molecule has 1 aromatic carbocycles. The lowest BCUT2D eigenvalue weighted by Crippen LogP contribution is -2.42. The molecule has 0 radical (unpaired) electrons. The molecule has 1 atom stereocenters. The summed E-state index contributed by atoms with van der Waals surface area (Å²) in [7, 11) is 0. The van der Waals surface area contributed by atoms with Gasteiger partial charge in [0.2, 0.25) is 0 Å². The quantitative estimate of drug-likeness (QED) is 0.917. The predicted octanol–water partition coefficient (Wildman–Crippen LogP) is 2.70. The number of furan rings is 1. The summed E-state index contributed by atoms with van der Waals surface area (Å²) in [6.45, 7) is 3.46. The fourth-order valence-corrected chi connectivity index (χ4v) is 2.02. The Morgan fingerprint density at radius 2 is 1.95 bits per heavy atom. The van der Waals surface area contributed by atoms with Gasteiger partial charge in [-0.2, -0.15) is 0 Å². The molecule has 5 nitrogen and oxygen atoms in total. The summed E-state index contributed by atoms with van der Waals surface area (Å²) >= 11 is 0. The summed E-state index contributed by atoms with van der Waals surface area (Å²) in [6.07, 6.45) is 1.35. The standard InChI is InChI=1S/C16H17NO4/c1-11-8-14(10-21-11)15(18)17(12(2)16(19)20)9-13-6-4-3-5-7-13/h3-8,10,12H,9H2,1-2H3,(H,19,20). The van der Waals surface area contributed by atoms with E-state index in [0.29, 0.717) is 11.3 Å². The zero-order valence-electron chi connectivity index (χ0n) is 11.9. The van der Waals surface area contributed by atoms with Crippen molar-refractivity contribution in [2.45, 2.75) is 26.4 Å². The lowest BCUT2D eigenvalue weighted by molar-refractivity contribution is -0.141. The summed E-state index contributed by atoms with van der Waals surface area (Å²) in [5.74, 6) is -0.786. The van der Waals surface area contributed by atoms with Crippen LogP contribution in [0.25, 0.3) is 0 Å². The Labute approximate surface area is 122 Å². The van der Waals surface area contributed by atoms with Gasteiger partial charge in [0.1, 0.15) is 18.1 Å². The van der Waals surface area contributed by atoms with E-state index in [1.54, 1.807) is 13.0 Å². The third-order valence-corrected chi connectivity index (χ3v) is 3.26. The first kappa shape index (κ1) is 14.8. The van der Waals surface area contributed by atoms with Crippen LogP contribution in [0.2, 0.25) is 0 Å². The molecule has 5 heteroatoms. The fraction of sp³-hybridized carbons (Fsp3) is 0.250. The second-order valence-corrected chi connectivity index (χ2v) is 4.88. The largest absolute Gasteiger partial charge is 0.480 e. The minimum absolute atomic E-state index is 0.233. The number of hydrogen-bond donors (Lipinski definition) is 1. The van der Waals surface area contributed by atoms with Crippen LogP contribution in [0, 0.1) is 6.92 Å². The molecule has 2 rings (SSSR count). The minimum Gasteiger partial charge on any atom is -0.480 e. The van der Waals surface area contributed by atoms with E-state index in [1.807, 2.05) is 30.3 Å². The monoisotopic (exact) mass is 287 g/mol. The third kappa shape index (κ3) is 3.51. The predicted molar refractivity (Wildman–Crippen MR) is 76.9 cm³/mol. The number of hydrogen-bond acceptors (Lipinski definition) is 3. The van der Waals surface area contributed by atoms with E-state index in [0.717, 1.165) is 5.56 Å². The Morgan fingerprint density at radius 1 is 1.29 bits per heavy atom. The molecule has 21 heavy (non-hydrogen) atoms. The maximum Gasteiger partial charge on any atom is 0.326 e. The summed E-state index contributed by atoms with van der Waals surface area (Å²) in [5, 5.41) is 9.21. The van der Waals surface area contributed by atoms with Crippen molar-refractivity contribution in [2.75, 3.05) is 0 Å². The van der Waals surface area contributed by atoms with Crippen LogP contribution in [0.1, 0.15) is 28.6 Å². The van der Waals surface area contributed by atoms with Gasteiger partial charge in [-0.25, -0.2) is 4.79 Å². The first-order chi connectivity index (χ1) is 9.99. The molecule has 0 aliphatic carbocycles. The van der Waals surface area contributed by atoms with Gasteiger partial charge in [0.25, 0.3) is 5.91 Å². The summed E-state index contributed by atoms with van der Waals surface area (Å²) < 4.78 is 5.13. The van der Waals surface area contributed by atoms with Crippen LogP contribution in [0.15, 0.2) is 47.1 Å². The second-order valence-electron chi connectivity index (χ2n) is 4.88. The van der Waals surface area contributed by atoms with Crippen molar-refractivity contribution in [3.63, 3.8) is 0 Å². The average Bonchev–Trinajstić information content (AvgIpc) is 2.91. The second kappa shape index (κ2) is 6.26. The summed E-state index contributed by atoms with van der Waals surface area (Å²) in [5.41, 5.74) is 1.23. The number of carbonyl (C=O) groups is 2. The SMILES string of the molecule is Cc1cc(C(=O)N(Cc2ccccc2)C(C)C(=O)O)co1. The Balaban J connectivity index is 2.27. The number of benzene rings is 1. The van der Waals surface area contributed by atoms with Gasteiger partial charge in [0, 0.05) is 6.54 Å². The maximum absolute atomic E-state index is 12.5. The zero-order chi connectivity index (χ0) is 15.4. The van der Waals surface area contributed by atoms with Crippen molar-refractivity contribution in [2.24, 2.45) is 0 Å². The van der Waals surface area contributed by atoms with Crippen LogP contribution < -0.4 is 0 Å². The zero-order valence-corrected chi connectivity index (χ0v) is 11.9. The molecule has 1 N–H and O–H groups in total. The molecule has 0 spiro atoms. The number of carbonyl (C=O) groups excluding carboxylic acids is 1. The Bertz CT molecular complexity index is 633. The van der Waals surface area contributed by atoms with E-state index >= 15 is 0 Å². The number of rotatable bonds is 5. The van der Waals surface area contributed by atoms with E-state index < -0.39 is 12.0 Å². The fourth-order valence-electron chi connectivity index (χ4n) is 2.02. The Morgan fingerprint density at radius 3 is 2.48 bits per heavy atom. The third-order valence-electron chi connectivity index (χ3n) is 3.26. The van der Waals surface area contributed by atoms with Gasteiger partial charge in [-0.05, 0) is 25.5 Å².